The van der Waals surface area contributed by atoms with E-state index >= 15 is 0 Å². The molecule has 0 radical (unpaired) electrons. The molecule has 2 heterocycles. The van der Waals surface area contributed by atoms with Crippen LogP contribution in [0.25, 0.3) is 21.5 Å². The summed E-state index contributed by atoms with van der Waals surface area (Å²) in [4.78, 5) is 2.36. The van der Waals surface area contributed by atoms with E-state index in [1.54, 1.807) is 0 Å². The summed E-state index contributed by atoms with van der Waals surface area (Å²) in [5, 5.41) is 5.33. The molecule has 5 aromatic rings. The maximum absolute atomic E-state index is 2.43. The molecule has 236 valence electrons. The second kappa shape index (κ2) is 12.1. The van der Waals surface area contributed by atoms with Crippen molar-refractivity contribution in [2.45, 2.75) is 44.4 Å². The fourth-order valence-corrected chi connectivity index (χ4v) is 8.56. The van der Waals surface area contributed by atoms with Gasteiger partial charge in [-0.3, -0.25) is 0 Å². The molecule has 2 aliphatic heterocycles. The van der Waals surface area contributed by atoms with E-state index in [-0.39, 0.29) is 5.41 Å². The highest BCUT2D eigenvalue weighted by Crippen LogP contribution is 2.47. The number of nitrogens with zero attached hydrogens (tertiary/aromatic N) is 2. The Morgan fingerprint density at radius 1 is 0.771 bits per heavy atom. The molecule has 2 heteroatoms. The average molecular weight is 624 g/mol. The fourth-order valence-electron chi connectivity index (χ4n) is 8.56. The molecule has 1 aliphatic carbocycles. The molecule has 0 saturated heterocycles. The van der Waals surface area contributed by atoms with E-state index in [0.717, 1.165) is 19.3 Å². The molecule has 0 fully saturated rings. The van der Waals surface area contributed by atoms with Gasteiger partial charge in [-0.15, -0.1) is 0 Å². The third kappa shape index (κ3) is 5.08. The largest absolute Gasteiger partial charge is 0.347 e. The van der Waals surface area contributed by atoms with Crippen LogP contribution in [-0.4, -0.2) is 24.4 Å². The number of rotatable bonds is 6. The zero-order valence-corrected chi connectivity index (χ0v) is 28.4. The van der Waals surface area contributed by atoms with Gasteiger partial charge in [0.05, 0.1) is 5.41 Å². The van der Waals surface area contributed by atoms with E-state index in [1.165, 1.54) is 72.2 Å². The molecule has 0 aromatic heterocycles. The predicted octanol–water partition coefficient (Wildman–Crippen LogP) is 11.1. The summed E-state index contributed by atoms with van der Waals surface area (Å²) < 4.78 is 2.41. The third-order valence-electron chi connectivity index (χ3n) is 10.9. The van der Waals surface area contributed by atoms with E-state index in [4.69, 9.17) is 0 Å². The van der Waals surface area contributed by atoms with Crippen LogP contribution >= 0.6 is 0 Å². The van der Waals surface area contributed by atoms with Gasteiger partial charge in [0.2, 0.25) is 5.69 Å². The lowest BCUT2D eigenvalue weighted by Gasteiger charge is -2.24. The smallest absolute Gasteiger partial charge is 0.210 e. The summed E-state index contributed by atoms with van der Waals surface area (Å²) in [5.74, 6) is 0.363. The normalized spacial score (nSPS) is 22.3. The second-order valence-electron chi connectivity index (χ2n) is 13.9. The minimum Gasteiger partial charge on any atom is -0.347 e. The maximum atomic E-state index is 2.43. The highest BCUT2D eigenvalue weighted by molar-refractivity contribution is 6.08. The van der Waals surface area contributed by atoms with Crippen molar-refractivity contribution in [3.63, 3.8) is 0 Å². The van der Waals surface area contributed by atoms with Gasteiger partial charge >= 0.3 is 0 Å². The van der Waals surface area contributed by atoms with Gasteiger partial charge < -0.3 is 4.90 Å². The van der Waals surface area contributed by atoms with Crippen molar-refractivity contribution in [3.05, 3.63) is 179 Å². The molecule has 5 aromatic carbocycles. The molecule has 0 amide bonds. The Balaban J connectivity index is 1.04. The van der Waals surface area contributed by atoms with Crippen molar-refractivity contribution in [2.75, 3.05) is 19.0 Å². The standard InChI is InChI=1S/C46H43N2/c1-32-40(47(3)41-28-26-36-18-8-10-20-38(36)44(32)41)22-12-16-33-24-25-34(30-33)17-13-23-43-46(2,31-35-14-6-5-7-15-35)45-39-21-11-9-19-37(39)27-29-42(45)48(43)4/h5-23,26-30,32H,24-25,31H2,1-4H3/q+1. The summed E-state index contributed by atoms with van der Waals surface area (Å²) in [7, 11) is 4.43. The third-order valence-corrected chi connectivity index (χ3v) is 10.9. The number of fused-ring (bicyclic) bond motifs is 6. The Morgan fingerprint density at radius 3 is 2.27 bits per heavy atom. The number of likely N-dealkylation sites (N-methyl/N-ethyl adjacent to an activating group) is 1. The van der Waals surface area contributed by atoms with Crippen molar-refractivity contribution in [1.82, 2.24) is 0 Å². The first kappa shape index (κ1) is 30.1. The van der Waals surface area contributed by atoms with Crippen LogP contribution in [0.5, 0.6) is 0 Å². The Kier molecular flexibility index (Phi) is 7.60. The average Bonchev–Trinajstić information content (AvgIpc) is 3.73. The van der Waals surface area contributed by atoms with Crippen molar-refractivity contribution in [2.24, 2.45) is 0 Å². The molecule has 0 spiro atoms. The number of anilines is 1. The highest BCUT2D eigenvalue weighted by Gasteiger charge is 2.47. The molecule has 0 N–H and O–H groups in total. The minimum absolute atomic E-state index is 0.148. The summed E-state index contributed by atoms with van der Waals surface area (Å²) in [6.45, 7) is 4.76. The zero-order valence-electron chi connectivity index (χ0n) is 28.4. The zero-order chi connectivity index (χ0) is 32.8. The molecule has 48 heavy (non-hydrogen) atoms. The van der Waals surface area contributed by atoms with Crippen LogP contribution in [0.2, 0.25) is 0 Å². The minimum atomic E-state index is -0.148. The Morgan fingerprint density at radius 2 is 1.46 bits per heavy atom. The van der Waals surface area contributed by atoms with Crippen LogP contribution in [0, 0.1) is 0 Å². The quantitative estimate of drug-likeness (QED) is 0.171. The lowest BCUT2D eigenvalue weighted by molar-refractivity contribution is -0.401. The van der Waals surface area contributed by atoms with Gasteiger partial charge in [0.25, 0.3) is 0 Å². The molecule has 3 aliphatic rings. The summed E-state index contributed by atoms with van der Waals surface area (Å²) in [6, 6.07) is 37.6. The van der Waals surface area contributed by atoms with Gasteiger partial charge in [0, 0.05) is 42.1 Å². The van der Waals surface area contributed by atoms with Crippen molar-refractivity contribution in [1.29, 1.82) is 0 Å². The van der Waals surface area contributed by atoms with Crippen molar-refractivity contribution >= 4 is 38.6 Å². The first-order valence-corrected chi connectivity index (χ1v) is 17.3. The Bertz CT molecular complexity index is 2260. The van der Waals surface area contributed by atoms with E-state index in [0.29, 0.717) is 5.92 Å². The summed E-state index contributed by atoms with van der Waals surface area (Å²) >= 11 is 0. The van der Waals surface area contributed by atoms with Gasteiger partial charge in [0.15, 0.2) is 5.71 Å². The van der Waals surface area contributed by atoms with Crippen molar-refractivity contribution in [3.8, 4) is 0 Å². The van der Waals surface area contributed by atoms with Gasteiger partial charge in [-0.2, -0.15) is 4.58 Å². The van der Waals surface area contributed by atoms with Crippen LogP contribution in [0.4, 0.5) is 11.4 Å². The number of benzene rings is 5. The number of hydrogen-bond acceptors (Lipinski definition) is 1. The first-order valence-electron chi connectivity index (χ1n) is 17.3. The van der Waals surface area contributed by atoms with Crippen LogP contribution in [0.1, 0.15) is 49.3 Å². The molecule has 2 unspecified atom stereocenters. The van der Waals surface area contributed by atoms with E-state index in [1.807, 2.05) is 0 Å². The predicted molar refractivity (Wildman–Crippen MR) is 205 cm³/mol. The molecule has 2 atom stereocenters. The van der Waals surface area contributed by atoms with E-state index in [9.17, 15) is 0 Å². The van der Waals surface area contributed by atoms with Gasteiger partial charge in [-0.05, 0) is 88.2 Å². The van der Waals surface area contributed by atoms with Crippen LogP contribution in [0.15, 0.2) is 163 Å². The van der Waals surface area contributed by atoms with Gasteiger partial charge in [-0.25, -0.2) is 0 Å². The molecule has 0 bridgehead atoms. The summed E-state index contributed by atoms with van der Waals surface area (Å²) in [6.07, 6.45) is 19.3. The van der Waals surface area contributed by atoms with Crippen LogP contribution in [-0.2, 0) is 11.8 Å². The molecule has 8 rings (SSSR count). The Labute approximate surface area is 285 Å². The lowest BCUT2D eigenvalue weighted by Crippen LogP contribution is -2.33. The van der Waals surface area contributed by atoms with Crippen LogP contribution < -0.4 is 4.90 Å². The Hall–Kier alpha value is -5.21. The molecule has 0 saturated carbocycles. The topological polar surface area (TPSA) is 6.25 Å². The van der Waals surface area contributed by atoms with Crippen LogP contribution in [0.3, 0.4) is 0 Å². The van der Waals surface area contributed by atoms with E-state index < -0.39 is 0 Å². The monoisotopic (exact) mass is 623 g/mol. The lowest BCUT2D eigenvalue weighted by atomic mass is 9.73. The number of hydrogen-bond donors (Lipinski definition) is 0. The second-order valence-corrected chi connectivity index (χ2v) is 13.9. The highest BCUT2D eigenvalue weighted by atomic mass is 15.1. The molecular formula is C46H43N2+. The fraction of sp³-hybridized carbons (Fsp3) is 0.196. The maximum Gasteiger partial charge on any atom is 0.210 e. The van der Waals surface area contributed by atoms with Crippen molar-refractivity contribution < 1.29 is 4.58 Å². The molecular weight excluding hydrogens is 581 g/mol. The summed E-state index contributed by atoms with van der Waals surface area (Å²) in [5.41, 5.74) is 12.2. The first-order chi connectivity index (χ1) is 23.4. The number of allylic oxidation sites excluding steroid dienone is 10. The van der Waals surface area contributed by atoms with E-state index in [2.05, 4.69) is 183 Å². The SMILES string of the molecule is CC1/C(=C\C=C\C2=CC(=C/C=C/C3=[N+](C)c4ccc5ccccc5c4C3(C)Cc3ccccc3)/CC2)N(C)c2ccc3ccccc3c21. The van der Waals surface area contributed by atoms with Gasteiger partial charge in [0.1, 0.15) is 7.05 Å². The van der Waals surface area contributed by atoms with Gasteiger partial charge in [-0.1, -0.05) is 122 Å². The molecule has 2 nitrogen and oxygen atoms in total.